The number of ether oxygens (including phenoxy) is 1. The van der Waals surface area contributed by atoms with Crippen molar-refractivity contribution in [2.75, 3.05) is 26.7 Å². The Labute approximate surface area is 184 Å². The van der Waals surface area contributed by atoms with Crippen molar-refractivity contribution < 1.29 is 9.84 Å². The third-order valence-corrected chi connectivity index (χ3v) is 6.65. The van der Waals surface area contributed by atoms with Gasteiger partial charge in [0.1, 0.15) is 11.9 Å². The van der Waals surface area contributed by atoms with Gasteiger partial charge in [-0.1, -0.05) is 48.5 Å². The summed E-state index contributed by atoms with van der Waals surface area (Å²) in [5, 5.41) is 9.17. The van der Waals surface area contributed by atoms with Crippen LogP contribution in [0.1, 0.15) is 41.5 Å². The van der Waals surface area contributed by atoms with Crippen molar-refractivity contribution in [2.24, 2.45) is 0 Å². The van der Waals surface area contributed by atoms with Crippen LogP contribution in [0.4, 0.5) is 0 Å². The van der Waals surface area contributed by atoms with Crippen molar-refractivity contribution in [3.63, 3.8) is 0 Å². The molecule has 1 aromatic heterocycles. The molecule has 162 valence electrons. The lowest BCUT2D eigenvalue weighted by Crippen LogP contribution is -2.35. The normalized spacial score (nSPS) is 19.6. The van der Waals surface area contributed by atoms with Gasteiger partial charge in [0.25, 0.3) is 0 Å². The molecule has 1 saturated heterocycles. The average Bonchev–Trinajstić information content (AvgIpc) is 3.16. The van der Waals surface area contributed by atoms with Gasteiger partial charge in [0.05, 0.1) is 11.8 Å². The van der Waals surface area contributed by atoms with Crippen LogP contribution in [0, 0.1) is 0 Å². The number of benzene rings is 2. The van der Waals surface area contributed by atoms with Gasteiger partial charge in [-0.3, -0.25) is 0 Å². The van der Waals surface area contributed by atoms with Gasteiger partial charge in [0, 0.05) is 38.0 Å². The third-order valence-electron chi connectivity index (χ3n) is 6.65. The summed E-state index contributed by atoms with van der Waals surface area (Å²) in [5.41, 5.74) is 5.86. The summed E-state index contributed by atoms with van der Waals surface area (Å²) in [4.78, 5) is 7.47. The summed E-state index contributed by atoms with van der Waals surface area (Å²) < 4.78 is 9.06. The van der Waals surface area contributed by atoms with E-state index in [0.29, 0.717) is 6.42 Å². The molecular formula is C26H31N3O2. The van der Waals surface area contributed by atoms with Crippen molar-refractivity contribution in [1.82, 2.24) is 14.5 Å². The number of aromatic nitrogens is 2. The number of aliphatic hydroxyl groups is 1. The number of aliphatic hydroxyl groups excluding tert-OH is 1. The average molecular weight is 418 g/mol. The van der Waals surface area contributed by atoms with E-state index in [-0.39, 0.29) is 18.8 Å². The lowest BCUT2D eigenvalue weighted by Gasteiger charge is -2.32. The van der Waals surface area contributed by atoms with Gasteiger partial charge in [0.2, 0.25) is 0 Å². The van der Waals surface area contributed by atoms with Gasteiger partial charge in [-0.05, 0) is 49.4 Å². The Balaban J connectivity index is 1.48. The van der Waals surface area contributed by atoms with Crippen molar-refractivity contribution in [1.29, 1.82) is 0 Å². The highest BCUT2D eigenvalue weighted by molar-refractivity contribution is 5.59. The molecule has 2 aliphatic heterocycles. The maximum Gasteiger partial charge on any atom is 0.143 e. The fraction of sp³-hybridized carbons (Fsp3) is 0.423. The summed E-state index contributed by atoms with van der Waals surface area (Å²) in [6.45, 7) is 3.25. The van der Waals surface area contributed by atoms with Gasteiger partial charge in [0.15, 0.2) is 0 Å². The summed E-state index contributed by atoms with van der Waals surface area (Å²) in [6, 6.07) is 17.1. The maximum absolute atomic E-state index is 9.17. The van der Waals surface area contributed by atoms with Crippen molar-refractivity contribution in [2.45, 2.75) is 44.4 Å². The number of rotatable bonds is 5. The maximum atomic E-state index is 9.17. The second kappa shape index (κ2) is 8.95. The molecule has 1 fully saturated rings. The minimum atomic E-state index is -0.130. The Morgan fingerprint density at radius 1 is 1.03 bits per heavy atom. The van der Waals surface area contributed by atoms with E-state index in [0.717, 1.165) is 61.5 Å². The number of imidazole rings is 1. The Morgan fingerprint density at radius 3 is 2.58 bits per heavy atom. The molecule has 3 heterocycles. The minimum absolute atomic E-state index is 0.130. The van der Waals surface area contributed by atoms with Crippen LogP contribution in [0.25, 0.3) is 11.3 Å². The van der Waals surface area contributed by atoms with Gasteiger partial charge in [-0.15, -0.1) is 0 Å². The largest absolute Gasteiger partial charge is 0.396 e. The van der Waals surface area contributed by atoms with Crippen molar-refractivity contribution in [3.8, 4) is 11.3 Å². The fourth-order valence-corrected chi connectivity index (χ4v) is 4.77. The van der Waals surface area contributed by atoms with Crippen LogP contribution in [0.3, 0.4) is 0 Å². The highest BCUT2D eigenvalue weighted by Gasteiger charge is 2.30. The van der Waals surface area contributed by atoms with Crippen LogP contribution >= 0.6 is 0 Å². The van der Waals surface area contributed by atoms with Crippen LogP contribution in [0.5, 0.6) is 0 Å². The molecular weight excluding hydrogens is 386 g/mol. The molecule has 0 amide bonds. The van der Waals surface area contributed by atoms with E-state index >= 15 is 0 Å². The number of likely N-dealkylation sites (tertiary alicyclic amines) is 1. The van der Waals surface area contributed by atoms with Crippen LogP contribution in [0.2, 0.25) is 0 Å². The fourth-order valence-electron chi connectivity index (χ4n) is 4.77. The molecule has 0 spiro atoms. The van der Waals surface area contributed by atoms with Crippen LogP contribution < -0.4 is 0 Å². The SMILES string of the molecule is CN1CCC(OC2c3ccccc3CCn3cc(-c4ccc(CCO)cc4)nc32)CC1. The predicted octanol–water partition coefficient (Wildman–Crippen LogP) is 3.84. The molecule has 5 rings (SSSR count). The monoisotopic (exact) mass is 417 g/mol. The smallest absolute Gasteiger partial charge is 0.143 e. The molecule has 5 heteroatoms. The number of fused-ring (bicyclic) bond motifs is 2. The first-order valence-corrected chi connectivity index (χ1v) is 11.4. The van der Waals surface area contributed by atoms with Crippen molar-refractivity contribution in [3.05, 3.63) is 77.2 Å². The van der Waals surface area contributed by atoms with E-state index < -0.39 is 0 Å². The molecule has 1 unspecified atom stereocenters. The van der Waals surface area contributed by atoms with Gasteiger partial charge in [-0.2, -0.15) is 0 Å². The first-order valence-electron chi connectivity index (χ1n) is 11.4. The van der Waals surface area contributed by atoms with Crippen LogP contribution in [-0.2, 0) is 24.1 Å². The topological polar surface area (TPSA) is 50.5 Å². The first kappa shape index (κ1) is 20.4. The molecule has 5 nitrogen and oxygen atoms in total. The van der Waals surface area contributed by atoms with E-state index in [1.807, 2.05) is 0 Å². The van der Waals surface area contributed by atoms with Crippen LogP contribution in [0.15, 0.2) is 54.7 Å². The summed E-state index contributed by atoms with van der Waals surface area (Å²) in [6.07, 6.45) is 6.11. The molecule has 31 heavy (non-hydrogen) atoms. The van der Waals surface area contributed by atoms with E-state index in [2.05, 4.69) is 71.2 Å². The molecule has 1 atom stereocenters. The highest BCUT2D eigenvalue weighted by atomic mass is 16.5. The zero-order chi connectivity index (χ0) is 21.2. The second-order valence-corrected chi connectivity index (χ2v) is 8.82. The Hall–Kier alpha value is -2.47. The van der Waals surface area contributed by atoms with E-state index in [1.54, 1.807) is 0 Å². The lowest BCUT2D eigenvalue weighted by molar-refractivity contribution is -0.0275. The minimum Gasteiger partial charge on any atom is -0.396 e. The van der Waals surface area contributed by atoms with Gasteiger partial charge in [-0.25, -0.2) is 4.98 Å². The number of hydrogen-bond acceptors (Lipinski definition) is 4. The number of nitrogens with zero attached hydrogens (tertiary/aromatic N) is 3. The Bertz CT molecular complexity index is 1020. The lowest BCUT2D eigenvalue weighted by atomic mass is 10.00. The van der Waals surface area contributed by atoms with E-state index in [9.17, 15) is 0 Å². The van der Waals surface area contributed by atoms with Crippen LogP contribution in [-0.4, -0.2) is 52.4 Å². The molecule has 0 bridgehead atoms. The quantitative estimate of drug-likeness (QED) is 0.685. The predicted molar refractivity (Wildman–Crippen MR) is 122 cm³/mol. The molecule has 2 aliphatic rings. The molecule has 0 radical (unpaired) electrons. The molecule has 0 aliphatic carbocycles. The first-order chi connectivity index (χ1) is 15.2. The zero-order valence-electron chi connectivity index (χ0n) is 18.2. The number of hydrogen-bond donors (Lipinski definition) is 1. The van der Waals surface area contributed by atoms with E-state index in [1.165, 1.54) is 11.1 Å². The second-order valence-electron chi connectivity index (χ2n) is 8.82. The highest BCUT2D eigenvalue weighted by Crippen LogP contribution is 2.35. The zero-order valence-corrected chi connectivity index (χ0v) is 18.2. The van der Waals surface area contributed by atoms with Gasteiger partial charge < -0.3 is 19.3 Å². The molecule has 2 aromatic carbocycles. The van der Waals surface area contributed by atoms with Crippen molar-refractivity contribution >= 4 is 0 Å². The molecule has 1 N–H and O–H groups in total. The third kappa shape index (κ3) is 4.31. The Morgan fingerprint density at radius 2 is 1.81 bits per heavy atom. The summed E-state index contributed by atoms with van der Waals surface area (Å²) in [5.74, 6) is 1.01. The standard InChI is InChI=1S/C26H31N3O2/c1-28-14-11-22(12-15-28)31-25-23-5-3-2-4-20(23)10-16-29-18-24(27-26(25)29)21-8-6-19(7-9-21)13-17-30/h2-9,18,22,25,30H,10-17H2,1H3. The molecule has 3 aromatic rings. The number of piperidine rings is 1. The summed E-state index contributed by atoms with van der Waals surface area (Å²) >= 11 is 0. The van der Waals surface area contributed by atoms with E-state index in [4.69, 9.17) is 14.8 Å². The Kier molecular flexibility index (Phi) is 5.90. The van der Waals surface area contributed by atoms with Gasteiger partial charge >= 0.3 is 0 Å². The number of aryl methyl sites for hydroxylation is 2. The summed E-state index contributed by atoms with van der Waals surface area (Å²) in [7, 11) is 2.18. The molecule has 0 saturated carbocycles.